The zero-order valence-electron chi connectivity index (χ0n) is 14.9. The first-order chi connectivity index (χ1) is 12.6. The summed E-state index contributed by atoms with van der Waals surface area (Å²) in [5, 5.41) is 2.90. The fraction of sp³-hybridized carbons (Fsp3) is 0.368. The number of nitrogens with zero attached hydrogens (tertiary/aromatic N) is 4. The maximum atomic E-state index is 12.2. The molecule has 2 amide bonds. The maximum Gasteiger partial charge on any atom is 0.252 e. The minimum Gasteiger partial charge on any atom is -0.352 e. The number of likely N-dealkylation sites (N-methyl/N-ethyl adjacent to an activating group) is 1. The molecule has 1 N–H and O–H groups in total. The summed E-state index contributed by atoms with van der Waals surface area (Å²) in [7, 11) is 1.80. The zero-order chi connectivity index (χ0) is 18.4. The highest BCUT2D eigenvalue weighted by Gasteiger charge is 2.22. The van der Waals surface area contributed by atoms with Crippen molar-refractivity contribution >= 4 is 17.6 Å². The maximum absolute atomic E-state index is 12.2. The quantitative estimate of drug-likeness (QED) is 0.788. The molecular formula is C19H23N5O2. The van der Waals surface area contributed by atoms with E-state index in [4.69, 9.17) is 0 Å². The number of aryl methyl sites for hydroxylation is 1. The van der Waals surface area contributed by atoms with Crippen molar-refractivity contribution in [2.24, 2.45) is 0 Å². The number of amides is 2. The van der Waals surface area contributed by atoms with Crippen molar-refractivity contribution in [1.82, 2.24) is 20.2 Å². The topological polar surface area (TPSA) is 78.4 Å². The minimum absolute atomic E-state index is 0.0766. The van der Waals surface area contributed by atoms with Crippen molar-refractivity contribution in [2.45, 2.75) is 12.8 Å². The summed E-state index contributed by atoms with van der Waals surface area (Å²) < 4.78 is 0. The van der Waals surface area contributed by atoms with Gasteiger partial charge in [0.15, 0.2) is 0 Å². The first-order valence-electron chi connectivity index (χ1n) is 8.76. The number of piperazine rings is 1. The number of anilines is 1. The zero-order valence-corrected chi connectivity index (χ0v) is 14.9. The molecule has 0 aliphatic carbocycles. The van der Waals surface area contributed by atoms with E-state index in [1.54, 1.807) is 36.5 Å². The summed E-state index contributed by atoms with van der Waals surface area (Å²) in [6, 6.07) is 9.37. The lowest BCUT2D eigenvalue weighted by Gasteiger charge is -2.32. The normalized spacial score (nSPS) is 14.4. The van der Waals surface area contributed by atoms with Crippen molar-refractivity contribution in [3.8, 4) is 0 Å². The molecule has 26 heavy (non-hydrogen) atoms. The van der Waals surface area contributed by atoms with Crippen LogP contribution >= 0.6 is 0 Å². The molecule has 2 aromatic heterocycles. The molecule has 136 valence electrons. The summed E-state index contributed by atoms with van der Waals surface area (Å²) >= 11 is 0. The first-order valence-corrected chi connectivity index (χ1v) is 8.76. The van der Waals surface area contributed by atoms with Gasteiger partial charge in [-0.15, -0.1) is 0 Å². The number of nitrogens with one attached hydrogen (secondary N) is 1. The molecule has 0 unspecified atom stereocenters. The van der Waals surface area contributed by atoms with Crippen LogP contribution in [0.25, 0.3) is 0 Å². The lowest BCUT2D eigenvalue weighted by atomic mass is 10.2. The molecule has 0 atom stereocenters. The number of carbonyl (C=O) groups is 2. The van der Waals surface area contributed by atoms with E-state index in [0.29, 0.717) is 25.2 Å². The van der Waals surface area contributed by atoms with Crippen LogP contribution in [0.4, 0.5) is 5.82 Å². The molecule has 1 saturated heterocycles. The van der Waals surface area contributed by atoms with E-state index in [0.717, 1.165) is 30.9 Å². The van der Waals surface area contributed by atoms with Gasteiger partial charge < -0.3 is 15.1 Å². The van der Waals surface area contributed by atoms with Crippen LogP contribution in [0, 0.1) is 0 Å². The Labute approximate surface area is 153 Å². The smallest absolute Gasteiger partial charge is 0.252 e. The number of hydrogen-bond donors (Lipinski definition) is 1. The van der Waals surface area contributed by atoms with Gasteiger partial charge in [0, 0.05) is 44.8 Å². The van der Waals surface area contributed by atoms with Crippen LogP contribution in [0.15, 0.2) is 42.7 Å². The monoisotopic (exact) mass is 353 g/mol. The highest BCUT2D eigenvalue weighted by Crippen LogP contribution is 2.14. The van der Waals surface area contributed by atoms with Gasteiger partial charge in [-0.1, -0.05) is 6.07 Å². The van der Waals surface area contributed by atoms with E-state index in [-0.39, 0.29) is 11.8 Å². The van der Waals surface area contributed by atoms with Gasteiger partial charge in [-0.25, -0.2) is 4.98 Å². The first kappa shape index (κ1) is 17.8. The number of aromatic nitrogens is 2. The van der Waals surface area contributed by atoms with Gasteiger partial charge in [-0.05, 0) is 37.1 Å². The Morgan fingerprint density at radius 1 is 1.19 bits per heavy atom. The fourth-order valence-corrected chi connectivity index (χ4v) is 2.78. The van der Waals surface area contributed by atoms with Gasteiger partial charge in [0.2, 0.25) is 5.91 Å². The van der Waals surface area contributed by atoms with Crippen molar-refractivity contribution < 1.29 is 9.59 Å². The van der Waals surface area contributed by atoms with Crippen molar-refractivity contribution in [3.63, 3.8) is 0 Å². The molecule has 0 aromatic carbocycles. The largest absolute Gasteiger partial charge is 0.352 e. The highest BCUT2D eigenvalue weighted by molar-refractivity contribution is 5.94. The molecule has 2 aromatic rings. The van der Waals surface area contributed by atoms with Crippen molar-refractivity contribution in [3.05, 3.63) is 54.0 Å². The van der Waals surface area contributed by atoms with E-state index in [2.05, 4.69) is 15.3 Å². The molecule has 1 fully saturated rings. The van der Waals surface area contributed by atoms with Crippen LogP contribution < -0.4 is 10.2 Å². The summed E-state index contributed by atoms with van der Waals surface area (Å²) in [5.74, 6) is 0.658. The highest BCUT2D eigenvalue weighted by atomic mass is 16.2. The second kappa shape index (κ2) is 8.42. The van der Waals surface area contributed by atoms with E-state index in [9.17, 15) is 9.59 Å². The standard InChI is InChI=1S/C19H23N5O2/c1-23-11-12-24(14-18(23)25)17-8-7-15(13-22-17)19(26)21-10-4-6-16-5-2-3-9-20-16/h2-3,5,7-9,13H,4,6,10-12,14H2,1H3,(H,21,26). The third-order valence-electron chi connectivity index (χ3n) is 4.41. The summed E-state index contributed by atoms with van der Waals surface area (Å²) in [5.41, 5.74) is 1.54. The van der Waals surface area contributed by atoms with Crippen LogP contribution in [-0.2, 0) is 11.2 Å². The van der Waals surface area contributed by atoms with E-state index < -0.39 is 0 Å². The van der Waals surface area contributed by atoms with E-state index in [1.165, 1.54) is 0 Å². The summed E-state index contributed by atoms with van der Waals surface area (Å²) in [6.45, 7) is 2.33. The number of hydrogen-bond acceptors (Lipinski definition) is 5. The van der Waals surface area contributed by atoms with Crippen LogP contribution in [0.3, 0.4) is 0 Å². The Bertz CT molecular complexity index is 748. The van der Waals surface area contributed by atoms with Crippen molar-refractivity contribution in [1.29, 1.82) is 0 Å². The molecule has 7 nitrogen and oxygen atoms in total. The molecule has 1 aliphatic rings. The van der Waals surface area contributed by atoms with Crippen LogP contribution in [0.1, 0.15) is 22.5 Å². The Hall–Kier alpha value is -2.96. The Balaban J connectivity index is 1.47. The SMILES string of the molecule is CN1CCN(c2ccc(C(=O)NCCCc3ccccn3)cn2)CC1=O. The van der Waals surface area contributed by atoms with Gasteiger partial charge in [0.25, 0.3) is 5.91 Å². The Morgan fingerprint density at radius 3 is 2.77 bits per heavy atom. The van der Waals surface area contributed by atoms with E-state index >= 15 is 0 Å². The van der Waals surface area contributed by atoms with Gasteiger partial charge >= 0.3 is 0 Å². The third kappa shape index (κ3) is 4.56. The molecular weight excluding hydrogens is 330 g/mol. The number of rotatable bonds is 6. The van der Waals surface area contributed by atoms with Gasteiger partial charge in [-0.3, -0.25) is 14.6 Å². The van der Waals surface area contributed by atoms with Gasteiger partial charge in [0.1, 0.15) is 5.82 Å². The molecule has 0 saturated carbocycles. The third-order valence-corrected chi connectivity index (χ3v) is 4.41. The summed E-state index contributed by atoms with van der Waals surface area (Å²) in [6.07, 6.45) is 4.99. The molecule has 3 heterocycles. The van der Waals surface area contributed by atoms with Crippen LogP contribution in [0.2, 0.25) is 0 Å². The molecule has 3 rings (SSSR count). The molecule has 0 spiro atoms. The molecule has 0 bridgehead atoms. The average Bonchev–Trinajstić information content (AvgIpc) is 2.68. The molecule has 0 radical (unpaired) electrons. The molecule has 7 heteroatoms. The minimum atomic E-state index is -0.139. The molecule has 1 aliphatic heterocycles. The van der Waals surface area contributed by atoms with Gasteiger partial charge in [0.05, 0.1) is 12.1 Å². The second-order valence-electron chi connectivity index (χ2n) is 6.32. The Kier molecular flexibility index (Phi) is 5.78. The predicted octanol–water partition coefficient (Wildman–Crippen LogP) is 1.12. The van der Waals surface area contributed by atoms with E-state index in [1.807, 2.05) is 23.1 Å². The van der Waals surface area contributed by atoms with Crippen molar-refractivity contribution in [2.75, 3.05) is 38.1 Å². The van der Waals surface area contributed by atoms with Gasteiger partial charge in [-0.2, -0.15) is 0 Å². The average molecular weight is 353 g/mol. The number of pyridine rings is 2. The van der Waals surface area contributed by atoms with Crippen LogP contribution in [-0.4, -0.2) is 59.9 Å². The summed E-state index contributed by atoms with van der Waals surface area (Å²) in [4.78, 5) is 36.2. The lowest BCUT2D eigenvalue weighted by Crippen LogP contribution is -2.48. The van der Waals surface area contributed by atoms with Crippen LogP contribution in [0.5, 0.6) is 0 Å². The lowest BCUT2D eigenvalue weighted by molar-refractivity contribution is -0.129. The number of carbonyl (C=O) groups excluding carboxylic acids is 2. The fourth-order valence-electron chi connectivity index (χ4n) is 2.78. The second-order valence-corrected chi connectivity index (χ2v) is 6.32. The predicted molar refractivity (Wildman–Crippen MR) is 99.0 cm³/mol. The Morgan fingerprint density at radius 2 is 2.08 bits per heavy atom.